The van der Waals surface area contributed by atoms with Gasteiger partial charge in [0.25, 0.3) is 0 Å². The van der Waals surface area contributed by atoms with E-state index in [2.05, 4.69) is 34.2 Å². The number of aliphatic imine (C=N–C) groups is 1. The first-order valence-electron chi connectivity index (χ1n) is 8.98. The van der Waals surface area contributed by atoms with Crippen molar-refractivity contribution in [2.75, 3.05) is 25.9 Å². The molecule has 0 unspecified atom stereocenters. The fourth-order valence-electron chi connectivity index (χ4n) is 3.42. The predicted molar refractivity (Wildman–Crippen MR) is 117 cm³/mol. The highest BCUT2D eigenvalue weighted by Gasteiger charge is 2.37. The van der Waals surface area contributed by atoms with Gasteiger partial charge in [0.1, 0.15) is 0 Å². The Morgan fingerprint density at radius 3 is 2.24 bits per heavy atom. The molecule has 0 heterocycles. The van der Waals surface area contributed by atoms with Crippen LogP contribution in [0.1, 0.15) is 60.3 Å². The van der Waals surface area contributed by atoms with Crippen LogP contribution in [-0.4, -0.2) is 45.8 Å². The maximum atomic E-state index is 11.4. The van der Waals surface area contributed by atoms with E-state index in [1.54, 1.807) is 0 Å². The first-order valence-corrected chi connectivity index (χ1v) is 10.9. The SMILES string of the molecule is CCNC(=NCC(C)(C)NS(C)(=O)=O)NCC1(CC(C)C)CCC1.I. The van der Waals surface area contributed by atoms with Crippen molar-refractivity contribution in [3.05, 3.63) is 0 Å². The van der Waals surface area contributed by atoms with Gasteiger partial charge in [-0.25, -0.2) is 13.1 Å². The molecule has 0 saturated heterocycles. The van der Waals surface area contributed by atoms with E-state index in [1.807, 2.05) is 20.8 Å². The first-order chi connectivity index (χ1) is 11.0. The second-order valence-electron chi connectivity index (χ2n) is 8.26. The Morgan fingerprint density at radius 1 is 1.24 bits per heavy atom. The summed E-state index contributed by atoms with van der Waals surface area (Å²) in [7, 11) is -3.25. The highest BCUT2D eigenvalue weighted by Crippen LogP contribution is 2.45. The molecule has 0 amide bonds. The molecule has 0 aromatic carbocycles. The van der Waals surface area contributed by atoms with Crippen molar-refractivity contribution in [1.82, 2.24) is 15.4 Å². The van der Waals surface area contributed by atoms with E-state index in [0.29, 0.717) is 17.9 Å². The van der Waals surface area contributed by atoms with Gasteiger partial charge < -0.3 is 10.6 Å². The van der Waals surface area contributed by atoms with Crippen molar-refractivity contribution in [2.24, 2.45) is 16.3 Å². The number of hydrogen-bond donors (Lipinski definition) is 3. The third-order valence-electron chi connectivity index (χ3n) is 4.32. The smallest absolute Gasteiger partial charge is 0.209 e. The molecule has 1 fully saturated rings. The Hall–Kier alpha value is -0.0900. The standard InChI is InChI=1S/C17H36N4O2S.HI/c1-7-18-15(19-12-16(4,5)21-24(6,22)23)20-13-17(9-8-10-17)11-14(2)3;/h14,21H,7-13H2,1-6H3,(H2,18,19,20);1H. The molecule has 1 aliphatic carbocycles. The summed E-state index contributed by atoms with van der Waals surface area (Å²) in [6, 6.07) is 0. The lowest BCUT2D eigenvalue weighted by Gasteiger charge is -2.43. The lowest BCUT2D eigenvalue weighted by atomic mass is 9.64. The van der Waals surface area contributed by atoms with E-state index in [4.69, 9.17) is 0 Å². The second-order valence-corrected chi connectivity index (χ2v) is 10.0. The molecule has 0 bridgehead atoms. The minimum absolute atomic E-state index is 0. The Morgan fingerprint density at radius 2 is 1.84 bits per heavy atom. The van der Waals surface area contributed by atoms with Crippen LogP contribution in [-0.2, 0) is 10.0 Å². The van der Waals surface area contributed by atoms with Gasteiger partial charge in [-0.2, -0.15) is 0 Å². The topological polar surface area (TPSA) is 82.6 Å². The molecule has 0 aliphatic heterocycles. The van der Waals surface area contributed by atoms with Crippen LogP contribution in [0, 0.1) is 11.3 Å². The molecule has 0 spiro atoms. The molecular formula is C17H37IN4O2S. The van der Waals surface area contributed by atoms with Gasteiger partial charge in [-0.15, -0.1) is 24.0 Å². The quantitative estimate of drug-likeness (QED) is 0.265. The van der Waals surface area contributed by atoms with E-state index in [0.717, 1.165) is 19.0 Å². The van der Waals surface area contributed by atoms with Gasteiger partial charge in [0.15, 0.2) is 5.96 Å². The normalized spacial score (nSPS) is 17.6. The van der Waals surface area contributed by atoms with E-state index < -0.39 is 15.6 Å². The van der Waals surface area contributed by atoms with Crippen LogP contribution in [0.25, 0.3) is 0 Å². The molecule has 1 saturated carbocycles. The van der Waals surface area contributed by atoms with Crippen molar-refractivity contribution < 1.29 is 8.42 Å². The van der Waals surface area contributed by atoms with Crippen LogP contribution in [0.3, 0.4) is 0 Å². The zero-order chi connectivity index (χ0) is 18.4. The molecule has 3 N–H and O–H groups in total. The zero-order valence-corrected chi connectivity index (χ0v) is 19.8. The summed E-state index contributed by atoms with van der Waals surface area (Å²) in [5.41, 5.74) is -0.215. The Bertz CT molecular complexity index is 529. The molecule has 25 heavy (non-hydrogen) atoms. The Kier molecular flexibility index (Phi) is 10.3. The summed E-state index contributed by atoms with van der Waals surface area (Å²) in [6.45, 7) is 12.4. The summed E-state index contributed by atoms with van der Waals surface area (Å²) in [5, 5.41) is 6.72. The van der Waals surface area contributed by atoms with Gasteiger partial charge in [-0.05, 0) is 51.4 Å². The van der Waals surface area contributed by atoms with Crippen LogP contribution >= 0.6 is 24.0 Å². The first kappa shape index (κ1) is 24.9. The van der Waals surface area contributed by atoms with Gasteiger partial charge in [-0.1, -0.05) is 20.3 Å². The maximum absolute atomic E-state index is 11.4. The number of halogens is 1. The average molecular weight is 488 g/mol. The zero-order valence-electron chi connectivity index (χ0n) is 16.6. The van der Waals surface area contributed by atoms with Crippen molar-refractivity contribution in [3.63, 3.8) is 0 Å². The van der Waals surface area contributed by atoms with Crippen LogP contribution in [0.15, 0.2) is 4.99 Å². The number of hydrogen-bond acceptors (Lipinski definition) is 3. The number of guanidine groups is 1. The summed E-state index contributed by atoms with van der Waals surface area (Å²) >= 11 is 0. The van der Waals surface area contributed by atoms with Crippen LogP contribution in [0.4, 0.5) is 0 Å². The Balaban J connectivity index is 0.00000576. The fourth-order valence-corrected chi connectivity index (χ4v) is 4.49. The molecule has 8 heteroatoms. The molecule has 0 aromatic rings. The number of rotatable bonds is 9. The molecule has 1 rings (SSSR count). The van der Waals surface area contributed by atoms with Crippen LogP contribution in [0.2, 0.25) is 0 Å². The van der Waals surface area contributed by atoms with Gasteiger partial charge in [-0.3, -0.25) is 4.99 Å². The van der Waals surface area contributed by atoms with Crippen LogP contribution in [0.5, 0.6) is 0 Å². The molecule has 0 radical (unpaired) electrons. The number of sulfonamides is 1. The van der Waals surface area contributed by atoms with Crippen molar-refractivity contribution in [2.45, 2.75) is 65.8 Å². The maximum Gasteiger partial charge on any atom is 0.209 e. The van der Waals surface area contributed by atoms with Gasteiger partial charge >= 0.3 is 0 Å². The molecule has 0 aromatic heterocycles. The van der Waals surface area contributed by atoms with E-state index in [1.165, 1.54) is 31.9 Å². The molecule has 1 aliphatic rings. The highest BCUT2D eigenvalue weighted by molar-refractivity contribution is 14.0. The van der Waals surface area contributed by atoms with E-state index in [-0.39, 0.29) is 24.0 Å². The van der Waals surface area contributed by atoms with Crippen LogP contribution < -0.4 is 15.4 Å². The number of nitrogens with zero attached hydrogens (tertiary/aromatic N) is 1. The molecule has 6 nitrogen and oxygen atoms in total. The van der Waals surface area contributed by atoms with E-state index in [9.17, 15) is 8.42 Å². The summed E-state index contributed by atoms with van der Waals surface area (Å²) in [4.78, 5) is 4.58. The summed E-state index contributed by atoms with van der Waals surface area (Å²) in [6.07, 6.45) is 6.28. The largest absolute Gasteiger partial charge is 0.357 e. The van der Waals surface area contributed by atoms with Crippen molar-refractivity contribution in [3.8, 4) is 0 Å². The lowest BCUT2D eigenvalue weighted by Crippen LogP contribution is -2.49. The van der Waals surface area contributed by atoms with Gasteiger partial charge in [0.05, 0.1) is 12.8 Å². The third kappa shape index (κ3) is 9.98. The van der Waals surface area contributed by atoms with Crippen molar-refractivity contribution >= 4 is 40.0 Å². The monoisotopic (exact) mass is 488 g/mol. The van der Waals surface area contributed by atoms with Gasteiger partial charge in [0, 0.05) is 18.6 Å². The van der Waals surface area contributed by atoms with E-state index >= 15 is 0 Å². The molecule has 150 valence electrons. The van der Waals surface area contributed by atoms with Crippen molar-refractivity contribution in [1.29, 1.82) is 0 Å². The third-order valence-corrected chi connectivity index (χ3v) is 5.25. The minimum Gasteiger partial charge on any atom is -0.357 e. The molecule has 0 atom stereocenters. The minimum atomic E-state index is -3.25. The number of nitrogens with one attached hydrogen (secondary N) is 3. The lowest BCUT2D eigenvalue weighted by molar-refractivity contribution is 0.104. The van der Waals surface area contributed by atoms with Gasteiger partial charge in [0.2, 0.25) is 10.0 Å². The summed E-state index contributed by atoms with van der Waals surface area (Å²) < 4.78 is 25.5. The highest BCUT2D eigenvalue weighted by atomic mass is 127. The summed E-state index contributed by atoms with van der Waals surface area (Å²) in [5.74, 6) is 1.46. The molecular weight excluding hydrogens is 451 g/mol. The predicted octanol–water partition coefficient (Wildman–Crippen LogP) is 2.70. The average Bonchev–Trinajstić information content (AvgIpc) is 2.35. The second kappa shape index (κ2) is 10.3. The fraction of sp³-hybridized carbons (Fsp3) is 0.941. The Labute approximate surface area is 171 Å².